The first-order chi connectivity index (χ1) is 9.26. The van der Waals surface area contributed by atoms with Gasteiger partial charge in [-0.05, 0) is 49.3 Å². The predicted octanol–water partition coefficient (Wildman–Crippen LogP) is 3.16. The van der Waals surface area contributed by atoms with Gasteiger partial charge in [-0.3, -0.25) is 0 Å². The van der Waals surface area contributed by atoms with Crippen LogP contribution in [0.2, 0.25) is 0 Å². The molecule has 0 radical (unpaired) electrons. The molecule has 3 heteroatoms. The zero-order valence-corrected chi connectivity index (χ0v) is 11.8. The van der Waals surface area contributed by atoms with Gasteiger partial charge in [0, 0.05) is 19.8 Å². The molecule has 0 aliphatic carbocycles. The standard InChI is InChI=1S/C16H24FNO/c1-2-9-18-13-16(7-10-19-11-8-16)12-14-5-3-4-6-15(14)17/h3-6,18H,2,7-13H2,1H3. The second-order valence-corrected chi connectivity index (χ2v) is 5.56. The van der Waals surface area contributed by atoms with E-state index in [-0.39, 0.29) is 11.2 Å². The molecule has 1 aromatic rings. The van der Waals surface area contributed by atoms with Gasteiger partial charge in [-0.2, -0.15) is 0 Å². The van der Waals surface area contributed by atoms with E-state index in [4.69, 9.17) is 4.74 Å². The fraction of sp³-hybridized carbons (Fsp3) is 0.625. The first kappa shape index (κ1) is 14.5. The minimum Gasteiger partial charge on any atom is -0.381 e. The molecular weight excluding hydrogens is 241 g/mol. The van der Waals surface area contributed by atoms with E-state index in [1.807, 2.05) is 12.1 Å². The molecule has 0 unspecified atom stereocenters. The summed E-state index contributed by atoms with van der Waals surface area (Å²) in [7, 11) is 0. The van der Waals surface area contributed by atoms with E-state index < -0.39 is 0 Å². The Morgan fingerprint density at radius 1 is 1.26 bits per heavy atom. The zero-order chi connectivity index (χ0) is 13.6. The fourth-order valence-electron chi connectivity index (χ4n) is 2.80. The van der Waals surface area contributed by atoms with Crippen molar-refractivity contribution in [2.45, 2.75) is 32.6 Å². The Bertz CT molecular complexity index is 388. The third-order valence-electron chi connectivity index (χ3n) is 4.00. The number of hydrogen-bond donors (Lipinski definition) is 1. The van der Waals surface area contributed by atoms with Crippen molar-refractivity contribution in [3.8, 4) is 0 Å². The zero-order valence-electron chi connectivity index (χ0n) is 11.8. The third-order valence-corrected chi connectivity index (χ3v) is 4.00. The Hall–Kier alpha value is -0.930. The van der Waals surface area contributed by atoms with Gasteiger partial charge in [0.05, 0.1) is 0 Å². The Kier molecular flexibility index (Phi) is 5.34. The van der Waals surface area contributed by atoms with E-state index >= 15 is 0 Å². The number of nitrogens with one attached hydrogen (secondary N) is 1. The molecule has 0 bridgehead atoms. The number of rotatable bonds is 6. The maximum absolute atomic E-state index is 13.9. The van der Waals surface area contributed by atoms with E-state index in [1.54, 1.807) is 12.1 Å². The number of benzene rings is 1. The van der Waals surface area contributed by atoms with Crippen LogP contribution in [0.4, 0.5) is 4.39 Å². The van der Waals surface area contributed by atoms with Crippen LogP contribution < -0.4 is 5.32 Å². The molecule has 1 aliphatic rings. The first-order valence-corrected chi connectivity index (χ1v) is 7.28. The van der Waals surface area contributed by atoms with E-state index in [0.29, 0.717) is 0 Å². The van der Waals surface area contributed by atoms with Crippen molar-refractivity contribution in [2.24, 2.45) is 5.41 Å². The van der Waals surface area contributed by atoms with Crippen LogP contribution in [0.15, 0.2) is 24.3 Å². The minimum absolute atomic E-state index is 0.0798. The monoisotopic (exact) mass is 265 g/mol. The maximum Gasteiger partial charge on any atom is 0.126 e. The van der Waals surface area contributed by atoms with Gasteiger partial charge >= 0.3 is 0 Å². The van der Waals surface area contributed by atoms with Crippen molar-refractivity contribution in [2.75, 3.05) is 26.3 Å². The molecule has 1 fully saturated rings. The summed E-state index contributed by atoms with van der Waals surface area (Å²) in [5, 5.41) is 3.51. The summed E-state index contributed by atoms with van der Waals surface area (Å²) in [5.41, 5.74) is 0.984. The quantitative estimate of drug-likeness (QED) is 0.798. The number of halogens is 1. The smallest absolute Gasteiger partial charge is 0.126 e. The maximum atomic E-state index is 13.9. The molecule has 0 atom stereocenters. The van der Waals surface area contributed by atoms with Gasteiger partial charge in [0.15, 0.2) is 0 Å². The molecule has 1 aromatic carbocycles. The SMILES string of the molecule is CCCNCC1(Cc2ccccc2F)CCOCC1. The lowest BCUT2D eigenvalue weighted by molar-refractivity contribution is 0.0146. The fourth-order valence-corrected chi connectivity index (χ4v) is 2.80. The highest BCUT2D eigenvalue weighted by Gasteiger charge is 2.33. The molecule has 2 rings (SSSR count). The van der Waals surface area contributed by atoms with E-state index in [0.717, 1.165) is 57.6 Å². The number of hydrogen-bond acceptors (Lipinski definition) is 2. The van der Waals surface area contributed by atoms with Crippen molar-refractivity contribution in [3.63, 3.8) is 0 Å². The van der Waals surface area contributed by atoms with Crippen LogP contribution in [0.5, 0.6) is 0 Å². The summed E-state index contributed by atoms with van der Waals surface area (Å²) < 4.78 is 19.3. The van der Waals surface area contributed by atoms with E-state index in [9.17, 15) is 4.39 Å². The van der Waals surface area contributed by atoms with E-state index in [2.05, 4.69) is 12.2 Å². The highest BCUT2D eigenvalue weighted by molar-refractivity contribution is 5.19. The van der Waals surface area contributed by atoms with Crippen molar-refractivity contribution in [3.05, 3.63) is 35.6 Å². The van der Waals surface area contributed by atoms with Crippen molar-refractivity contribution >= 4 is 0 Å². The topological polar surface area (TPSA) is 21.3 Å². The molecule has 0 amide bonds. The van der Waals surface area contributed by atoms with Gasteiger partial charge in [0.2, 0.25) is 0 Å². The molecule has 1 aliphatic heterocycles. The van der Waals surface area contributed by atoms with Gasteiger partial charge in [0.1, 0.15) is 5.82 Å². The summed E-state index contributed by atoms with van der Waals surface area (Å²) in [6.45, 7) is 5.74. The van der Waals surface area contributed by atoms with Crippen molar-refractivity contribution in [1.29, 1.82) is 0 Å². The van der Waals surface area contributed by atoms with Crippen LogP contribution in [0.3, 0.4) is 0 Å². The molecule has 0 spiro atoms. The highest BCUT2D eigenvalue weighted by atomic mass is 19.1. The largest absolute Gasteiger partial charge is 0.381 e. The second-order valence-electron chi connectivity index (χ2n) is 5.56. The average Bonchev–Trinajstić information content (AvgIpc) is 2.43. The van der Waals surface area contributed by atoms with Crippen LogP contribution in [0.1, 0.15) is 31.7 Å². The molecule has 106 valence electrons. The Labute approximate surface area is 115 Å². The number of ether oxygens (including phenoxy) is 1. The van der Waals surface area contributed by atoms with Crippen LogP contribution in [0.25, 0.3) is 0 Å². The van der Waals surface area contributed by atoms with Gasteiger partial charge in [0.25, 0.3) is 0 Å². The molecule has 1 saturated heterocycles. The van der Waals surface area contributed by atoms with Crippen molar-refractivity contribution < 1.29 is 9.13 Å². The predicted molar refractivity (Wildman–Crippen MR) is 75.8 cm³/mol. The van der Waals surface area contributed by atoms with E-state index in [1.165, 1.54) is 0 Å². The Morgan fingerprint density at radius 2 is 2.00 bits per heavy atom. The lowest BCUT2D eigenvalue weighted by atomic mass is 9.75. The summed E-state index contributed by atoms with van der Waals surface area (Å²) in [6, 6.07) is 7.14. The summed E-state index contributed by atoms with van der Waals surface area (Å²) in [5.74, 6) is -0.0798. The molecule has 0 saturated carbocycles. The molecule has 19 heavy (non-hydrogen) atoms. The molecule has 0 aromatic heterocycles. The van der Waals surface area contributed by atoms with Crippen LogP contribution in [-0.4, -0.2) is 26.3 Å². The van der Waals surface area contributed by atoms with Gasteiger partial charge in [-0.15, -0.1) is 0 Å². The molecular formula is C16H24FNO. The third kappa shape index (κ3) is 4.02. The molecule has 1 heterocycles. The van der Waals surface area contributed by atoms with Gasteiger partial charge in [-0.1, -0.05) is 25.1 Å². The summed E-state index contributed by atoms with van der Waals surface area (Å²) in [4.78, 5) is 0. The normalized spacial score (nSPS) is 18.4. The Balaban J connectivity index is 2.06. The summed E-state index contributed by atoms with van der Waals surface area (Å²) in [6.07, 6.45) is 3.96. The van der Waals surface area contributed by atoms with Crippen LogP contribution in [-0.2, 0) is 11.2 Å². The lowest BCUT2D eigenvalue weighted by Crippen LogP contribution is -2.41. The minimum atomic E-state index is -0.0798. The van der Waals surface area contributed by atoms with Gasteiger partial charge in [-0.25, -0.2) is 4.39 Å². The second kappa shape index (κ2) is 7.01. The summed E-state index contributed by atoms with van der Waals surface area (Å²) >= 11 is 0. The van der Waals surface area contributed by atoms with Crippen molar-refractivity contribution in [1.82, 2.24) is 5.32 Å². The first-order valence-electron chi connectivity index (χ1n) is 7.28. The highest BCUT2D eigenvalue weighted by Crippen LogP contribution is 2.34. The lowest BCUT2D eigenvalue weighted by Gasteiger charge is -2.38. The molecule has 2 nitrogen and oxygen atoms in total. The van der Waals surface area contributed by atoms with Crippen LogP contribution in [0, 0.1) is 11.2 Å². The van der Waals surface area contributed by atoms with Crippen LogP contribution >= 0.6 is 0 Å². The average molecular weight is 265 g/mol. The molecule has 1 N–H and O–H groups in total. The Morgan fingerprint density at radius 3 is 2.68 bits per heavy atom. The van der Waals surface area contributed by atoms with Gasteiger partial charge < -0.3 is 10.1 Å².